The molecule has 0 aromatic heterocycles. The van der Waals surface area contributed by atoms with Gasteiger partial charge < -0.3 is 15.2 Å². The van der Waals surface area contributed by atoms with Crippen LogP contribution in [0, 0.1) is 10.1 Å². The van der Waals surface area contributed by atoms with Crippen molar-refractivity contribution in [3.05, 3.63) is 33.9 Å². The van der Waals surface area contributed by atoms with Crippen LogP contribution in [0.5, 0.6) is 5.75 Å². The number of rotatable bonds is 6. The van der Waals surface area contributed by atoms with Crippen LogP contribution in [0.3, 0.4) is 0 Å². The summed E-state index contributed by atoms with van der Waals surface area (Å²) in [6.45, 7) is 4.33. The van der Waals surface area contributed by atoms with E-state index in [1.807, 2.05) is 13.8 Å². The molecule has 1 amide bonds. The van der Waals surface area contributed by atoms with E-state index < -0.39 is 22.3 Å². The third-order valence-corrected chi connectivity index (χ3v) is 2.29. The van der Waals surface area contributed by atoms with Crippen LogP contribution in [-0.4, -0.2) is 35.2 Å². The van der Waals surface area contributed by atoms with Gasteiger partial charge in [-0.2, -0.15) is 0 Å². The minimum atomic E-state index is -0.742. The lowest BCUT2D eigenvalue weighted by molar-refractivity contribution is -0.385. The standard InChI is InChI=1S/C12H16N2O5/c1-8(2)19-7-6-13-12(16)9-4-3-5-10(11(9)15)14(17)18/h3-5,8,15H,6-7H2,1-2H3,(H,13,16). The fraction of sp³-hybridized carbons (Fsp3) is 0.417. The molecular weight excluding hydrogens is 252 g/mol. The highest BCUT2D eigenvalue weighted by Crippen LogP contribution is 2.28. The van der Waals surface area contributed by atoms with Gasteiger partial charge in [0.1, 0.15) is 0 Å². The molecule has 0 saturated carbocycles. The first-order valence-corrected chi connectivity index (χ1v) is 5.79. The first-order chi connectivity index (χ1) is 8.93. The number of phenolic OH excluding ortho intramolecular Hbond substituents is 1. The SMILES string of the molecule is CC(C)OCCNC(=O)c1cccc([N+](=O)[O-])c1O. The Morgan fingerprint density at radius 3 is 2.79 bits per heavy atom. The summed E-state index contributed by atoms with van der Waals surface area (Å²) in [5.41, 5.74) is -0.621. The second kappa shape index (κ2) is 6.69. The Morgan fingerprint density at radius 2 is 2.21 bits per heavy atom. The highest BCUT2D eigenvalue weighted by molar-refractivity contribution is 5.98. The predicted molar refractivity (Wildman–Crippen MR) is 68.2 cm³/mol. The van der Waals surface area contributed by atoms with E-state index in [2.05, 4.69) is 5.32 Å². The Morgan fingerprint density at radius 1 is 1.53 bits per heavy atom. The van der Waals surface area contributed by atoms with E-state index in [0.29, 0.717) is 6.61 Å². The first kappa shape index (κ1) is 14.9. The normalized spacial score (nSPS) is 10.5. The summed E-state index contributed by atoms with van der Waals surface area (Å²) in [7, 11) is 0. The molecular formula is C12H16N2O5. The van der Waals surface area contributed by atoms with Gasteiger partial charge in [-0.3, -0.25) is 14.9 Å². The van der Waals surface area contributed by atoms with Gasteiger partial charge in [0.25, 0.3) is 5.91 Å². The van der Waals surface area contributed by atoms with Crippen molar-refractivity contribution in [2.75, 3.05) is 13.2 Å². The predicted octanol–water partition coefficient (Wildman–Crippen LogP) is 1.46. The van der Waals surface area contributed by atoms with Gasteiger partial charge in [0, 0.05) is 12.6 Å². The Balaban J connectivity index is 2.67. The van der Waals surface area contributed by atoms with Gasteiger partial charge in [0.15, 0.2) is 0 Å². The summed E-state index contributed by atoms with van der Waals surface area (Å²) in [6, 6.07) is 3.80. The molecule has 0 bridgehead atoms. The molecule has 1 aromatic carbocycles. The number of aromatic hydroxyl groups is 1. The molecule has 104 valence electrons. The molecule has 1 rings (SSSR count). The van der Waals surface area contributed by atoms with Crippen LogP contribution < -0.4 is 5.32 Å². The van der Waals surface area contributed by atoms with Crippen LogP contribution in [0.15, 0.2) is 18.2 Å². The molecule has 0 spiro atoms. The number of nitrogens with one attached hydrogen (secondary N) is 1. The van der Waals surface area contributed by atoms with Gasteiger partial charge in [0.05, 0.1) is 23.2 Å². The number of carbonyl (C=O) groups excluding carboxylic acids is 1. The van der Waals surface area contributed by atoms with Crippen LogP contribution in [0.4, 0.5) is 5.69 Å². The lowest BCUT2D eigenvalue weighted by Crippen LogP contribution is -2.28. The third-order valence-electron chi connectivity index (χ3n) is 2.29. The minimum Gasteiger partial charge on any atom is -0.502 e. The zero-order valence-electron chi connectivity index (χ0n) is 10.8. The molecule has 0 aliphatic carbocycles. The number of nitrogens with zero attached hydrogens (tertiary/aromatic N) is 1. The fourth-order valence-corrected chi connectivity index (χ4v) is 1.42. The molecule has 0 atom stereocenters. The molecule has 0 unspecified atom stereocenters. The number of carbonyl (C=O) groups is 1. The lowest BCUT2D eigenvalue weighted by atomic mass is 10.1. The summed E-state index contributed by atoms with van der Waals surface area (Å²) in [4.78, 5) is 21.6. The average Bonchev–Trinajstić information content (AvgIpc) is 2.34. The number of nitro groups is 1. The van der Waals surface area contributed by atoms with Crippen molar-refractivity contribution >= 4 is 11.6 Å². The molecule has 0 heterocycles. The number of phenols is 1. The van der Waals surface area contributed by atoms with Crippen molar-refractivity contribution in [1.29, 1.82) is 0 Å². The largest absolute Gasteiger partial charge is 0.502 e. The number of para-hydroxylation sites is 1. The topological polar surface area (TPSA) is 102 Å². The molecule has 0 radical (unpaired) electrons. The summed E-state index contributed by atoms with van der Waals surface area (Å²) >= 11 is 0. The molecule has 0 aliphatic rings. The van der Waals surface area contributed by atoms with Crippen LogP contribution >= 0.6 is 0 Å². The highest BCUT2D eigenvalue weighted by Gasteiger charge is 2.20. The fourth-order valence-electron chi connectivity index (χ4n) is 1.42. The Bertz CT molecular complexity index is 473. The molecule has 0 saturated heterocycles. The van der Waals surface area contributed by atoms with E-state index in [0.717, 1.165) is 6.07 Å². The second-order valence-electron chi connectivity index (χ2n) is 4.11. The summed E-state index contributed by atoms with van der Waals surface area (Å²) in [6.07, 6.45) is 0.0584. The van der Waals surface area contributed by atoms with Crippen molar-refractivity contribution in [2.45, 2.75) is 20.0 Å². The zero-order valence-corrected chi connectivity index (χ0v) is 10.8. The second-order valence-corrected chi connectivity index (χ2v) is 4.11. The molecule has 0 aliphatic heterocycles. The number of nitro benzene ring substituents is 1. The van der Waals surface area contributed by atoms with Crippen molar-refractivity contribution < 1.29 is 19.6 Å². The monoisotopic (exact) mass is 268 g/mol. The van der Waals surface area contributed by atoms with Gasteiger partial charge in [-0.1, -0.05) is 6.07 Å². The lowest BCUT2D eigenvalue weighted by Gasteiger charge is -2.09. The zero-order chi connectivity index (χ0) is 14.4. The first-order valence-electron chi connectivity index (χ1n) is 5.79. The van der Waals surface area contributed by atoms with E-state index in [1.54, 1.807) is 0 Å². The Kier molecular flexibility index (Phi) is 5.25. The molecule has 2 N–H and O–H groups in total. The van der Waals surface area contributed by atoms with Gasteiger partial charge in [-0.15, -0.1) is 0 Å². The van der Waals surface area contributed by atoms with Gasteiger partial charge in [-0.25, -0.2) is 0 Å². The van der Waals surface area contributed by atoms with Crippen molar-refractivity contribution in [3.63, 3.8) is 0 Å². The van der Waals surface area contributed by atoms with Crippen LogP contribution in [0.2, 0.25) is 0 Å². The number of amides is 1. The van der Waals surface area contributed by atoms with Crippen LogP contribution in [0.1, 0.15) is 24.2 Å². The summed E-state index contributed by atoms with van der Waals surface area (Å²) < 4.78 is 5.23. The smallest absolute Gasteiger partial charge is 0.311 e. The van der Waals surface area contributed by atoms with Gasteiger partial charge in [0.2, 0.25) is 5.75 Å². The van der Waals surface area contributed by atoms with Crippen LogP contribution in [0.25, 0.3) is 0 Å². The van der Waals surface area contributed by atoms with Crippen molar-refractivity contribution in [1.82, 2.24) is 5.32 Å². The maximum Gasteiger partial charge on any atom is 0.311 e. The van der Waals surface area contributed by atoms with E-state index in [1.165, 1.54) is 12.1 Å². The average molecular weight is 268 g/mol. The minimum absolute atomic E-state index is 0.0584. The Hall–Kier alpha value is -2.15. The third kappa shape index (κ3) is 4.22. The molecule has 0 fully saturated rings. The number of benzene rings is 1. The van der Waals surface area contributed by atoms with E-state index in [-0.39, 0.29) is 18.2 Å². The number of hydrogen-bond acceptors (Lipinski definition) is 5. The van der Waals surface area contributed by atoms with E-state index in [4.69, 9.17) is 4.74 Å². The Labute approximate surface area is 110 Å². The summed E-state index contributed by atoms with van der Waals surface area (Å²) in [5.74, 6) is -1.21. The number of hydrogen-bond donors (Lipinski definition) is 2. The maximum absolute atomic E-state index is 11.7. The van der Waals surface area contributed by atoms with Gasteiger partial charge in [-0.05, 0) is 19.9 Å². The van der Waals surface area contributed by atoms with E-state index in [9.17, 15) is 20.0 Å². The van der Waals surface area contributed by atoms with Crippen LogP contribution in [-0.2, 0) is 4.74 Å². The molecule has 7 nitrogen and oxygen atoms in total. The summed E-state index contributed by atoms with van der Waals surface area (Å²) in [5, 5.41) is 22.8. The van der Waals surface area contributed by atoms with Gasteiger partial charge >= 0.3 is 5.69 Å². The molecule has 1 aromatic rings. The maximum atomic E-state index is 11.7. The quantitative estimate of drug-likeness (QED) is 0.462. The van der Waals surface area contributed by atoms with E-state index >= 15 is 0 Å². The van der Waals surface area contributed by atoms with Crippen molar-refractivity contribution in [2.24, 2.45) is 0 Å². The molecule has 7 heteroatoms. The molecule has 19 heavy (non-hydrogen) atoms. The highest BCUT2D eigenvalue weighted by atomic mass is 16.6. The number of ether oxygens (including phenoxy) is 1. The van der Waals surface area contributed by atoms with Crippen molar-refractivity contribution in [3.8, 4) is 5.75 Å².